The molecular weight excluding hydrogens is 473 g/mol. The molecule has 2 aromatic carbocycles. The molecule has 1 aliphatic heterocycles. The first kappa shape index (κ1) is 20.7. The van der Waals surface area contributed by atoms with Gasteiger partial charge in [0.2, 0.25) is 11.1 Å². The minimum atomic E-state index is -0.595. The molecule has 0 aliphatic carbocycles. The van der Waals surface area contributed by atoms with Crippen molar-refractivity contribution in [1.29, 1.82) is 0 Å². The molecular formula is C20H19BrFN5O2S. The largest absolute Gasteiger partial charge is 0.494 e. The third-order valence-electron chi connectivity index (χ3n) is 4.60. The van der Waals surface area contributed by atoms with Crippen LogP contribution in [0, 0.1) is 12.7 Å². The van der Waals surface area contributed by atoms with Crippen LogP contribution in [-0.2, 0) is 4.79 Å². The van der Waals surface area contributed by atoms with E-state index in [9.17, 15) is 9.18 Å². The number of hydrogen-bond donors (Lipinski definition) is 2. The number of halogens is 2. The van der Waals surface area contributed by atoms with Crippen molar-refractivity contribution >= 4 is 39.3 Å². The van der Waals surface area contributed by atoms with Crippen LogP contribution in [0.5, 0.6) is 5.75 Å². The number of rotatable bonds is 5. The molecule has 0 bridgehead atoms. The molecule has 1 aliphatic rings. The molecule has 10 heteroatoms. The van der Waals surface area contributed by atoms with Gasteiger partial charge in [0.05, 0.1) is 18.3 Å². The Morgan fingerprint density at radius 1 is 1.30 bits per heavy atom. The molecule has 1 aromatic heterocycles. The summed E-state index contributed by atoms with van der Waals surface area (Å²) in [6, 6.07) is 11.7. The van der Waals surface area contributed by atoms with Crippen LogP contribution in [0.3, 0.4) is 0 Å². The van der Waals surface area contributed by atoms with E-state index in [1.165, 1.54) is 23.9 Å². The Hall–Kier alpha value is -2.59. The number of ether oxygens (including phenoxy) is 1. The normalized spacial score (nSPS) is 17.7. The molecule has 3 aromatic rings. The van der Waals surface area contributed by atoms with Crippen LogP contribution in [0.4, 0.5) is 10.1 Å². The SMILES string of the molecule is CCOc1ccc([C@H]2Nn3c(C)nnc3S[C@@H]2C(=O)Nc2ccc(Br)cc2F)cc1. The maximum Gasteiger partial charge on any atom is 0.240 e. The summed E-state index contributed by atoms with van der Waals surface area (Å²) in [5.74, 6) is 0.595. The van der Waals surface area contributed by atoms with Crippen LogP contribution in [0.25, 0.3) is 0 Å². The van der Waals surface area contributed by atoms with Gasteiger partial charge in [-0.05, 0) is 49.7 Å². The number of thioether (sulfide) groups is 1. The highest BCUT2D eigenvalue weighted by atomic mass is 79.9. The predicted molar refractivity (Wildman–Crippen MR) is 117 cm³/mol. The van der Waals surface area contributed by atoms with Gasteiger partial charge in [0.1, 0.15) is 22.6 Å². The zero-order valence-corrected chi connectivity index (χ0v) is 18.6. The number of amides is 1. The van der Waals surface area contributed by atoms with E-state index >= 15 is 0 Å². The summed E-state index contributed by atoms with van der Waals surface area (Å²) in [6.45, 7) is 4.33. The van der Waals surface area contributed by atoms with Crippen molar-refractivity contribution < 1.29 is 13.9 Å². The fourth-order valence-electron chi connectivity index (χ4n) is 3.14. The third-order valence-corrected chi connectivity index (χ3v) is 6.30. The van der Waals surface area contributed by atoms with E-state index in [2.05, 4.69) is 36.9 Å². The van der Waals surface area contributed by atoms with Crippen molar-refractivity contribution in [3.63, 3.8) is 0 Å². The number of anilines is 1. The number of aryl methyl sites for hydroxylation is 1. The molecule has 7 nitrogen and oxygen atoms in total. The summed E-state index contributed by atoms with van der Waals surface area (Å²) >= 11 is 4.50. The highest BCUT2D eigenvalue weighted by molar-refractivity contribution is 9.10. The Bertz CT molecular complexity index is 1080. The topological polar surface area (TPSA) is 81.1 Å². The Kier molecular flexibility index (Phi) is 5.96. The molecule has 0 radical (unpaired) electrons. The summed E-state index contributed by atoms with van der Waals surface area (Å²) in [5, 5.41) is 10.9. The summed E-state index contributed by atoms with van der Waals surface area (Å²) < 4.78 is 22.1. The molecule has 2 N–H and O–H groups in total. The molecule has 156 valence electrons. The summed E-state index contributed by atoms with van der Waals surface area (Å²) in [5.41, 5.74) is 4.33. The first-order chi connectivity index (χ1) is 14.5. The van der Waals surface area contributed by atoms with Gasteiger partial charge >= 0.3 is 0 Å². The van der Waals surface area contributed by atoms with Crippen LogP contribution < -0.4 is 15.5 Å². The van der Waals surface area contributed by atoms with Gasteiger partial charge in [0.15, 0.2) is 0 Å². The van der Waals surface area contributed by atoms with Crippen LogP contribution >= 0.6 is 27.7 Å². The average molecular weight is 492 g/mol. The third kappa shape index (κ3) is 4.15. The number of aromatic nitrogens is 3. The summed E-state index contributed by atoms with van der Waals surface area (Å²) in [6.07, 6.45) is 0. The summed E-state index contributed by atoms with van der Waals surface area (Å²) in [7, 11) is 0. The lowest BCUT2D eigenvalue weighted by Gasteiger charge is -2.32. The average Bonchev–Trinajstić information content (AvgIpc) is 3.10. The van der Waals surface area contributed by atoms with Gasteiger partial charge in [-0.3, -0.25) is 4.79 Å². The minimum Gasteiger partial charge on any atom is -0.494 e. The van der Waals surface area contributed by atoms with Gasteiger partial charge in [-0.15, -0.1) is 10.2 Å². The Balaban J connectivity index is 1.64. The second-order valence-corrected chi connectivity index (χ2v) is 8.65. The minimum absolute atomic E-state index is 0.123. The van der Waals surface area contributed by atoms with Crippen LogP contribution in [0.2, 0.25) is 0 Å². The lowest BCUT2D eigenvalue weighted by Crippen LogP contribution is -2.41. The van der Waals surface area contributed by atoms with E-state index in [1.807, 2.05) is 38.1 Å². The second kappa shape index (κ2) is 8.65. The molecule has 0 saturated heterocycles. The van der Waals surface area contributed by atoms with Crippen molar-refractivity contribution in [1.82, 2.24) is 14.9 Å². The zero-order chi connectivity index (χ0) is 21.3. The van der Waals surface area contributed by atoms with Crippen molar-refractivity contribution in [2.24, 2.45) is 0 Å². The van der Waals surface area contributed by atoms with Gasteiger partial charge in [0.25, 0.3) is 0 Å². The molecule has 0 spiro atoms. The summed E-state index contributed by atoms with van der Waals surface area (Å²) in [4.78, 5) is 13.1. The second-order valence-electron chi connectivity index (χ2n) is 6.63. The number of benzene rings is 2. The first-order valence-corrected chi connectivity index (χ1v) is 11.0. The Morgan fingerprint density at radius 3 is 2.77 bits per heavy atom. The lowest BCUT2D eigenvalue weighted by atomic mass is 10.0. The smallest absolute Gasteiger partial charge is 0.240 e. The van der Waals surface area contributed by atoms with E-state index in [0.717, 1.165) is 11.3 Å². The molecule has 30 heavy (non-hydrogen) atoms. The van der Waals surface area contributed by atoms with Gasteiger partial charge in [-0.1, -0.05) is 39.8 Å². The van der Waals surface area contributed by atoms with Crippen molar-refractivity contribution in [3.05, 3.63) is 64.1 Å². The van der Waals surface area contributed by atoms with E-state index < -0.39 is 11.1 Å². The van der Waals surface area contributed by atoms with Crippen LogP contribution in [-0.4, -0.2) is 32.6 Å². The molecule has 0 fully saturated rings. The first-order valence-electron chi connectivity index (χ1n) is 9.30. The van der Waals surface area contributed by atoms with Crippen molar-refractivity contribution in [2.45, 2.75) is 30.3 Å². The lowest BCUT2D eigenvalue weighted by molar-refractivity contribution is -0.116. The van der Waals surface area contributed by atoms with E-state index in [1.54, 1.807) is 10.7 Å². The maximum absolute atomic E-state index is 14.2. The maximum atomic E-state index is 14.2. The molecule has 0 unspecified atom stereocenters. The Labute approximate surface area is 185 Å². The quantitative estimate of drug-likeness (QED) is 0.554. The predicted octanol–water partition coefficient (Wildman–Crippen LogP) is 4.28. The van der Waals surface area contributed by atoms with E-state index in [-0.39, 0.29) is 17.6 Å². The van der Waals surface area contributed by atoms with Crippen LogP contribution in [0.1, 0.15) is 24.4 Å². The number of fused-ring (bicyclic) bond motifs is 1. The highest BCUT2D eigenvalue weighted by Gasteiger charge is 2.37. The van der Waals surface area contributed by atoms with Gasteiger partial charge in [-0.2, -0.15) is 0 Å². The van der Waals surface area contributed by atoms with E-state index in [4.69, 9.17) is 4.74 Å². The fraction of sp³-hybridized carbons (Fsp3) is 0.250. The highest BCUT2D eigenvalue weighted by Crippen LogP contribution is 2.38. The number of hydrogen-bond acceptors (Lipinski definition) is 6. The number of carbonyl (C=O) groups excluding carboxylic acids is 1. The zero-order valence-electron chi connectivity index (χ0n) is 16.2. The number of nitrogens with one attached hydrogen (secondary N) is 2. The number of nitrogens with zero attached hydrogens (tertiary/aromatic N) is 3. The van der Waals surface area contributed by atoms with Crippen LogP contribution in [0.15, 0.2) is 52.1 Å². The molecule has 1 amide bonds. The van der Waals surface area contributed by atoms with Gasteiger partial charge in [0, 0.05) is 4.47 Å². The fourth-order valence-corrected chi connectivity index (χ4v) is 4.60. The van der Waals surface area contributed by atoms with Gasteiger partial charge < -0.3 is 15.5 Å². The molecule has 2 heterocycles. The van der Waals surface area contributed by atoms with Crippen molar-refractivity contribution in [2.75, 3.05) is 17.3 Å². The Morgan fingerprint density at radius 2 is 2.07 bits per heavy atom. The van der Waals surface area contributed by atoms with Gasteiger partial charge in [-0.25, -0.2) is 9.07 Å². The molecule has 2 atom stereocenters. The number of carbonyl (C=O) groups is 1. The van der Waals surface area contributed by atoms with E-state index in [0.29, 0.717) is 22.1 Å². The monoisotopic (exact) mass is 491 g/mol. The standard InChI is InChI=1S/C20H19BrFN5O2S/c1-3-29-14-7-4-12(5-8-14)17-18(30-20-25-24-11(2)27(20)26-17)19(28)23-16-9-6-13(21)10-15(16)22/h4-10,17-18,26H,3H2,1-2H3,(H,23,28)/t17-,18+/m1/s1. The molecule has 4 rings (SSSR count). The molecule has 0 saturated carbocycles. The van der Waals surface area contributed by atoms with Crippen molar-refractivity contribution in [3.8, 4) is 5.75 Å².